The van der Waals surface area contributed by atoms with E-state index in [4.69, 9.17) is 24.7 Å². The summed E-state index contributed by atoms with van der Waals surface area (Å²) in [6.45, 7) is 0.755. The molecule has 0 radical (unpaired) electrons. The molecular weight excluding hydrogens is 352 g/mol. The fraction of sp³-hybridized carbons (Fsp3) is 0.562. The van der Waals surface area contributed by atoms with Crippen molar-refractivity contribution in [2.75, 3.05) is 26.5 Å². The van der Waals surface area contributed by atoms with Gasteiger partial charge in [0.15, 0.2) is 11.5 Å². The van der Waals surface area contributed by atoms with Crippen LogP contribution in [0.2, 0.25) is 0 Å². The van der Waals surface area contributed by atoms with Crippen molar-refractivity contribution in [1.29, 1.82) is 0 Å². The maximum absolute atomic E-state index is 12.0. The molecule has 1 fully saturated rings. The second-order valence-electron chi connectivity index (χ2n) is 5.78. The predicted octanol–water partition coefficient (Wildman–Crippen LogP) is 0.199. The molecule has 3 atom stereocenters. The molecule has 4 N–H and O–H groups in total. The number of ether oxygens (including phenoxy) is 4. The first-order valence-electron chi connectivity index (χ1n) is 7.99. The number of aliphatic hydroxyl groups excluding tert-OH is 1. The minimum Gasteiger partial charge on any atom is -0.491 e. The van der Waals surface area contributed by atoms with Gasteiger partial charge in [-0.1, -0.05) is 0 Å². The Balaban J connectivity index is 0.00000225. The molecule has 0 aromatic heterocycles. The number of aliphatic hydroxyl groups is 1. The van der Waals surface area contributed by atoms with Crippen molar-refractivity contribution in [2.24, 2.45) is 5.73 Å². The lowest BCUT2D eigenvalue weighted by atomic mass is 10.2. The number of benzene rings is 1. The Kier molecular flexibility index (Phi) is 7.12. The van der Waals surface area contributed by atoms with Crippen molar-refractivity contribution in [3.05, 3.63) is 18.2 Å². The summed E-state index contributed by atoms with van der Waals surface area (Å²) in [7, 11) is 0. The molecule has 2 heterocycles. The van der Waals surface area contributed by atoms with Crippen LogP contribution in [-0.4, -0.2) is 55.8 Å². The van der Waals surface area contributed by atoms with Crippen molar-refractivity contribution < 1.29 is 28.8 Å². The average molecular weight is 375 g/mol. The Morgan fingerprint density at radius 2 is 2.16 bits per heavy atom. The molecule has 1 saturated heterocycles. The summed E-state index contributed by atoms with van der Waals surface area (Å²) in [6.07, 6.45) is 0.0635. The number of hydrogen-bond acceptors (Lipinski definition) is 7. The number of carbonyl (C=O) groups excluding carboxylic acids is 1. The largest absolute Gasteiger partial charge is 0.491 e. The topological polar surface area (TPSA) is 112 Å². The number of rotatable bonds is 7. The van der Waals surface area contributed by atoms with Gasteiger partial charge in [0.1, 0.15) is 24.6 Å². The molecule has 2 aliphatic heterocycles. The minimum absolute atomic E-state index is 0. The quantitative estimate of drug-likeness (QED) is 0.625. The number of carbonyl (C=O) groups is 1. The third-order valence-corrected chi connectivity index (χ3v) is 3.96. The third kappa shape index (κ3) is 5.12. The Morgan fingerprint density at radius 1 is 1.36 bits per heavy atom. The van der Waals surface area contributed by atoms with E-state index in [0.29, 0.717) is 30.2 Å². The van der Waals surface area contributed by atoms with Crippen LogP contribution in [0, 0.1) is 0 Å². The van der Waals surface area contributed by atoms with E-state index in [1.165, 1.54) is 0 Å². The maximum atomic E-state index is 12.0. The van der Waals surface area contributed by atoms with E-state index in [2.05, 4.69) is 5.32 Å². The van der Waals surface area contributed by atoms with Gasteiger partial charge in [0, 0.05) is 19.2 Å². The highest BCUT2D eigenvalue weighted by Crippen LogP contribution is 2.35. The molecule has 9 heteroatoms. The molecule has 1 aromatic rings. The van der Waals surface area contributed by atoms with E-state index in [1.807, 2.05) is 0 Å². The maximum Gasteiger partial charge on any atom is 0.249 e. The van der Waals surface area contributed by atoms with E-state index >= 15 is 0 Å². The van der Waals surface area contributed by atoms with Crippen molar-refractivity contribution in [3.63, 3.8) is 0 Å². The van der Waals surface area contributed by atoms with Crippen molar-refractivity contribution in [2.45, 2.75) is 31.2 Å². The summed E-state index contributed by atoms with van der Waals surface area (Å²) in [5.74, 6) is 1.62. The highest BCUT2D eigenvalue weighted by atomic mass is 35.5. The fourth-order valence-corrected chi connectivity index (χ4v) is 2.62. The fourth-order valence-electron chi connectivity index (χ4n) is 2.62. The first-order chi connectivity index (χ1) is 11.7. The van der Waals surface area contributed by atoms with Gasteiger partial charge < -0.3 is 35.1 Å². The van der Waals surface area contributed by atoms with Gasteiger partial charge in [0.05, 0.1) is 6.10 Å². The van der Waals surface area contributed by atoms with Gasteiger partial charge in [-0.3, -0.25) is 4.79 Å². The van der Waals surface area contributed by atoms with Crippen molar-refractivity contribution in [3.8, 4) is 17.2 Å². The molecular formula is C16H23ClN2O6. The van der Waals surface area contributed by atoms with Gasteiger partial charge in [-0.25, -0.2) is 0 Å². The van der Waals surface area contributed by atoms with Crippen LogP contribution in [0.4, 0.5) is 0 Å². The first-order valence-corrected chi connectivity index (χ1v) is 7.99. The molecule has 25 heavy (non-hydrogen) atoms. The van der Waals surface area contributed by atoms with E-state index < -0.39 is 12.2 Å². The molecule has 1 amide bonds. The summed E-state index contributed by atoms with van der Waals surface area (Å²) in [5.41, 5.74) is 5.52. The van der Waals surface area contributed by atoms with Gasteiger partial charge in [-0.15, -0.1) is 12.4 Å². The highest BCUT2D eigenvalue weighted by Gasteiger charge is 2.29. The van der Waals surface area contributed by atoms with Crippen LogP contribution in [0.25, 0.3) is 0 Å². The Labute approximate surface area is 152 Å². The normalized spacial score (nSPS) is 22.2. The lowest BCUT2D eigenvalue weighted by Crippen LogP contribution is -2.41. The van der Waals surface area contributed by atoms with Gasteiger partial charge in [0.2, 0.25) is 12.7 Å². The van der Waals surface area contributed by atoms with Crippen LogP contribution < -0.4 is 25.3 Å². The zero-order valence-corrected chi connectivity index (χ0v) is 14.5. The summed E-state index contributed by atoms with van der Waals surface area (Å²) < 4.78 is 21.5. The molecule has 8 nitrogen and oxygen atoms in total. The third-order valence-electron chi connectivity index (χ3n) is 3.96. The zero-order chi connectivity index (χ0) is 16.9. The molecule has 0 saturated carbocycles. The highest BCUT2D eigenvalue weighted by molar-refractivity contribution is 5.85. The van der Waals surface area contributed by atoms with Gasteiger partial charge in [-0.2, -0.15) is 0 Å². The molecule has 0 aliphatic carbocycles. The van der Waals surface area contributed by atoms with Crippen LogP contribution in [0.3, 0.4) is 0 Å². The SMILES string of the molecule is Cl.NC[C@H]1CC[C@@H](C(=O)NCC(O)COc2ccc3c(c2)OCO3)O1. The summed E-state index contributed by atoms with van der Waals surface area (Å²) in [6, 6.07) is 5.18. The van der Waals surface area contributed by atoms with Gasteiger partial charge in [-0.05, 0) is 25.0 Å². The smallest absolute Gasteiger partial charge is 0.249 e. The number of nitrogens with one attached hydrogen (secondary N) is 1. The van der Waals surface area contributed by atoms with Crippen molar-refractivity contribution in [1.82, 2.24) is 5.32 Å². The summed E-state index contributed by atoms with van der Waals surface area (Å²) >= 11 is 0. The Bertz CT molecular complexity index is 588. The van der Waals surface area contributed by atoms with Crippen LogP contribution in [0.15, 0.2) is 18.2 Å². The lowest BCUT2D eigenvalue weighted by Gasteiger charge is -2.16. The molecule has 0 spiro atoms. The number of hydrogen-bond donors (Lipinski definition) is 3. The van der Waals surface area contributed by atoms with E-state index in [1.54, 1.807) is 18.2 Å². The van der Waals surface area contributed by atoms with Gasteiger partial charge in [0.25, 0.3) is 0 Å². The van der Waals surface area contributed by atoms with Crippen LogP contribution >= 0.6 is 12.4 Å². The standard InChI is InChI=1S/C16H22N2O6.ClH/c17-6-12-2-4-14(24-12)16(20)18-7-10(19)8-21-11-1-3-13-15(5-11)23-9-22-13;/h1,3,5,10,12,14,19H,2,4,6-9,17H2,(H,18,20);1H/t10?,12-,14+;/m1./s1. The van der Waals surface area contributed by atoms with E-state index in [-0.39, 0.29) is 44.4 Å². The minimum atomic E-state index is -0.828. The summed E-state index contributed by atoms with van der Waals surface area (Å²) in [5, 5.41) is 12.6. The zero-order valence-electron chi connectivity index (χ0n) is 13.7. The molecule has 1 aromatic carbocycles. The second kappa shape index (κ2) is 9.10. The molecule has 140 valence electrons. The van der Waals surface area contributed by atoms with E-state index in [9.17, 15) is 9.90 Å². The number of nitrogens with two attached hydrogens (primary N) is 1. The van der Waals surface area contributed by atoms with Gasteiger partial charge >= 0.3 is 0 Å². The van der Waals surface area contributed by atoms with Crippen LogP contribution in [-0.2, 0) is 9.53 Å². The lowest BCUT2D eigenvalue weighted by molar-refractivity contribution is -0.132. The van der Waals surface area contributed by atoms with Crippen LogP contribution in [0.5, 0.6) is 17.2 Å². The number of halogens is 1. The summed E-state index contributed by atoms with van der Waals surface area (Å²) in [4.78, 5) is 12.0. The number of fused-ring (bicyclic) bond motifs is 1. The molecule has 0 bridgehead atoms. The second-order valence-corrected chi connectivity index (χ2v) is 5.78. The van der Waals surface area contributed by atoms with E-state index in [0.717, 1.165) is 6.42 Å². The number of amides is 1. The molecule has 2 aliphatic rings. The first kappa shape index (κ1) is 19.6. The van der Waals surface area contributed by atoms with Crippen LogP contribution in [0.1, 0.15) is 12.8 Å². The Hall–Kier alpha value is -1.74. The predicted molar refractivity (Wildman–Crippen MR) is 91.3 cm³/mol. The Morgan fingerprint density at radius 3 is 2.92 bits per heavy atom. The monoisotopic (exact) mass is 374 g/mol. The van der Waals surface area contributed by atoms with Crippen molar-refractivity contribution >= 4 is 18.3 Å². The molecule has 1 unspecified atom stereocenters. The molecule has 3 rings (SSSR count). The average Bonchev–Trinajstić information content (AvgIpc) is 3.26.